The Morgan fingerprint density at radius 3 is 2.53 bits per heavy atom. The number of halogens is 3. The van der Waals surface area contributed by atoms with Crippen molar-refractivity contribution >= 4 is 29.5 Å². The van der Waals surface area contributed by atoms with Crippen molar-refractivity contribution in [2.24, 2.45) is 0 Å². The summed E-state index contributed by atoms with van der Waals surface area (Å²) in [7, 11) is 0. The molecule has 0 atom stereocenters. The highest BCUT2D eigenvalue weighted by Crippen LogP contribution is 2.28. The zero-order chi connectivity index (χ0) is 14.2. The lowest BCUT2D eigenvalue weighted by Gasteiger charge is -2.04. The van der Waals surface area contributed by atoms with Gasteiger partial charge in [0.1, 0.15) is 11.0 Å². The lowest BCUT2D eigenvalue weighted by atomic mass is 10.1. The standard InChI is InChI=1S/C13H11Cl2FN2O/c1-7(2)12-9(6-19)13(15)18(17-12)8-3-4-10(14)11(16)5-8/h3-7H,1-2H3. The number of aldehydes is 1. The first kappa shape index (κ1) is 14.0. The molecule has 0 spiro atoms. The molecule has 0 N–H and O–H groups in total. The van der Waals surface area contributed by atoms with Crippen molar-refractivity contribution < 1.29 is 9.18 Å². The molecule has 0 amide bonds. The highest BCUT2D eigenvalue weighted by molar-refractivity contribution is 6.32. The van der Waals surface area contributed by atoms with Gasteiger partial charge >= 0.3 is 0 Å². The molecular formula is C13H11Cl2FN2O. The monoisotopic (exact) mass is 300 g/mol. The lowest BCUT2D eigenvalue weighted by molar-refractivity contribution is 0.112. The smallest absolute Gasteiger partial charge is 0.155 e. The van der Waals surface area contributed by atoms with Crippen molar-refractivity contribution in [3.8, 4) is 5.69 Å². The molecule has 0 bridgehead atoms. The molecule has 0 aliphatic carbocycles. The van der Waals surface area contributed by atoms with Crippen molar-refractivity contribution in [1.29, 1.82) is 0 Å². The van der Waals surface area contributed by atoms with Crippen LogP contribution in [0.5, 0.6) is 0 Å². The number of carbonyl (C=O) groups excluding carboxylic acids is 1. The van der Waals surface area contributed by atoms with E-state index < -0.39 is 5.82 Å². The van der Waals surface area contributed by atoms with Gasteiger partial charge in [0, 0.05) is 6.07 Å². The van der Waals surface area contributed by atoms with Gasteiger partial charge in [0.25, 0.3) is 0 Å². The second-order valence-electron chi connectivity index (χ2n) is 4.37. The normalized spacial score (nSPS) is 11.1. The minimum atomic E-state index is -0.565. The van der Waals surface area contributed by atoms with Crippen molar-refractivity contribution in [2.45, 2.75) is 19.8 Å². The van der Waals surface area contributed by atoms with Crippen molar-refractivity contribution in [3.63, 3.8) is 0 Å². The molecule has 19 heavy (non-hydrogen) atoms. The molecule has 100 valence electrons. The van der Waals surface area contributed by atoms with Crippen LogP contribution in [-0.2, 0) is 0 Å². The number of nitrogens with zero attached hydrogens (tertiary/aromatic N) is 2. The first-order valence-electron chi connectivity index (χ1n) is 5.64. The van der Waals surface area contributed by atoms with E-state index >= 15 is 0 Å². The van der Waals surface area contributed by atoms with E-state index in [0.717, 1.165) is 0 Å². The topological polar surface area (TPSA) is 34.9 Å². The number of aromatic nitrogens is 2. The molecule has 0 aliphatic heterocycles. The van der Waals surface area contributed by atoms with E-state index in [1.54, 1.807) is 6.07 Å². The fourth-order valence-electron chi connectivity index (χ4n) is 1.75. The molecule has 2 rings (SSSR count). The molecular weight excluding hydrogens is 290 g/mol. The van der Waals surface area contributed by atoms with Gasteiger partial charge in [-0.25, -0.2) is 9.07 Å². The molecule has 1 aromatic heterocycles. The fourth-order valence-corrected chi connectivity index (χ4v) is 2.14. The first-order valence-corrected chi connectivity index (χ1v) is 6.40. The summed E-state index contributed by atoms with van der Waals surface area (Å²) in [5, 5.41) is 4.45. The zero-order valence-corrected chi connectivity index (χ0v) is 11.8. The third-order valence-electron chi connectivity index (χ3n) is 2.70. The van der Waals surface area contributed by atoms with Crippen molar-refractivity contribution in [1.82, 2.24) is 9.78 Å². The van der Waals surface area contributed by atoms with E-state index in [1.807, 2.05) is 13.8 Å². The van der Waals surface area contributed by atoms with Gasteiger partial charge in [-0.2, -0.15) is 5.10 Å². The van der Waals surface area contributed by atoms with Crippen LogP contribution < -0.4 is 0 Å². The Balaban J connectivity index is 2.62. The largest absolute Gasteiger partial charge is 0.298 e. The van der Waals surface area contributed by atoms with Crippen LogP contribution in [0, 0.1) is 5.82 Å². The molecule has 0 unspecified atom stereocenters. The third-order valence-corrected chi connectivity index (χ3v) is 3.37. The molecule has 6 heteroatoms. The second kappa shape index (κ2) is 5.31. The van der Waals surface area contributed by atoms with Crippen LogP contribution in [0.25, 0.3) is 5.69 Å². The fraction of sp³-hybridized carbons (Fsp3) is 0.231. The summed E-state index contributed by atoms with van der Waals surface area (Å²) in [6.07, 6.45) is 0.660. The number of hydrogen-bond acceptors (Lipinski definition) is 2. The predicted octanol–water partition coefficient (Wildman–Crippen LogP) is 4.25. The Bertz CT molecular complexity index is 638. The second-order valence-corrected chi connectivity index (χ2v) is 5.14. The molecule has 2 aromatic rings. The van der Waals surface area contributed by atoms with Crippen LogP contribution >= 0.6 is 23.2 Å². The molecule has 1 heterocycles. The maximum Gasteiger partial charge on any atom is 0.155 e. The predicted molar refractivity (Wildman–Crippen MR) is 73.0 cm³/mol. The molecule has 0 radical (unpaired) electrons. The molecule has 0 fully saturated rings. The van der Waals surface area contributed by atoms with E-state index in [2.05, 4.69) is 5.10 Å². The van der Waals surface area contributed by atoms with Gasteiger partial charge in [-0.05, 0) is 18.1 Å². The van der Waals surface area contributed by atoms with Crippen LogP contribution in [0.4, 0.5) is 4.39 Å². The van der Waals surface area contributed by atoms with Gasteiger partial charge < -0.3 is 0 Å². The number of hydrogen-bond donors (Lipinski definition) is 0. The van der Waals surface area contributed by atoms with Gasteiger partial charge in [-0.3, -0.25) is 4.79 Å². The summed E-state index contributed by atoms with van der Waals surface area (Å²) in [5.41, 5.74) is 1.32. The van der Waals surface area contributed by atoms with Crippen molar-refractivity contribution in [2.75, 3.05) is 0 Å². The number of rotatable bonds is 3. The minimum Gasteiger partial charge on any atom is -0.298 e. The average Bonchev–Trinajstić information content (AvgIpc) is 2.70. The average molecular weight is 301 g/mol. The Morgan fingerprint density at radius 1 is 1.37 bits per heavy atom. The van der Waals surface area contributed by atoms with Gasteiger partial charge in [-0.15, -0.1) is 0 Å². The molecule has 0 aliphatic rings. The Labute approximate surface area is 119 Å². The lowest BCUT2D eigenvalue weighted by Crippen LogP contribution is -1.99. The maximum atomic E-state index is 13.5. The first-order chi connectivity index (χ1) is 8.95. The molecule has 0 saturated heterocycles. The number of benzene rings is 1. The van der Waals surface area contributed by atoms with Crippen molar-refractivity contribution in [3.05, 3.63) is 45.4 Å². The quantitative estimate of drug-likeness (QED) is 0.794. The van der Waals surface area contributed by atoms with Crippen LogP contribution in [-0.4, -0.2) is 16.1 Å². The van der Waals surface area contributed by atoms with Crippen LogP contribution in [0.15, 0.2) is 18.2 Å². The molecule has 0 saturated carbocycles. The van der Waals surface area contributed by atoms with E-state index in [0.29, 0.717) is 23.2 Å². The highest BCUT2D eigenvalue weighted by atomic mass is 35.5. The van der Waals surface area contributed by atoms with E-state index in [4.69, 9.17) is 23.2 Å². The summed E-state index contributed by atoms with van der Waals surface area (Å²) >= 11 is 11.7. The summed E-state index contributed by atoms with van der Waals surface area (Å²) in [6, 6.07) is 4.22. The van der Waals surface area contributed by atoms with Gasteiger partial charge in [-0.1, -0.05) is 37.0 Å². The maximum absolute atomic E-state index is 13.5. The third kappa shape index (κ3) is 2.51. The minimum absolute atomic E-state index is 0.0201. The van der Waals surface area contributed by atoms with Crippen LogP contribution in [0.1, 0.15) is 35.8 Å². The van der Waals surface area contributed by atoms with Gasteiger partial charge in [0.05, 0.1) is 22.0 Å². The van der Waals surface area contributed by atoms with E-state index in [1.165, 1.54) is 16.8 Å². The summed E-state index contributed by atoms with van der Waals surface area (Å²) in [5.74, 6) is -0.527. The van der Waals surface area contributed by atoms with E-state index in [-0.39, 0.29) is 16.1 Å². The molecule has 3 nitrogen and oxygen atoms in total. The van der Waals surface area contributed by atoms with Gasteiger partial charge in [0.15, 0.2) is 6.29 Å². The summed E-state index contributed by atoms with van der Waals surface area (Å²) < 4.78 is 14.8. The Kier molecular flexibility index (Phi) is 3.92. The SMILES string of the molecule is CC(C)c1nn(-c2ccc(Cl)c(F)c2)c(Cl)c1C=O. The summed E-state index contributed by atoms with van der Waals surface area (Å²) in [4.78, 5) is 11.1. The Morgan fingerprint density at radius 2 is 2.05 bits per heavy atom. The summed E-state index contributed by atoms with van der Waals surface area (Å²) in [6.45, 7) is 3.80. The highest BCUT2D eigenvalue weighted by Gasteiger charge is 2.19. The van der Waals surface area contributed by atoms with Crippen LogP contribution in [0.3, 0.4) is 0 Å². The zero-order valence-electron chi connectivity index (χ0n) is 10.3. The number of carbonyl (C=O) groups is 1. The van der Waals surface area contributed by atoms with E-state index in [9.17, 15) is 9.18 Å². The Hall–Kier alpha value is -1.39. The molecule has 1 aromatic carbocycles. The van der Waals surface area contributed by atoms with Gasteiger partial charge in [0.2, 0.25) is 0 Å². The van der Waals surface area contributed by atoms with Crippen LogP contribution in [0.2, 0.25) is 10.2 Å².